The largest absolute Gasteiger partial charge is 0.465 e. The smallest absolute Gasteiger partial charge is 0.407 e. The molecule has 1 atom stereocenters. The summed E-state index contributed by atoms with van der Waals surface area (Å²) in [4.78, 5) is 26.9. The minimum absolute atomic E-state index is 0.00915. The predicted molar refractivity (Wildman–Crippen MR) is 82.7 cm³/mol. The molecule has 22 heavy (non-hydrogen) atoms. The average molecular weight is 302 g/mol. The Bertz CT molecular complexity index is 538. The number of carbonyl (C=O) groups is 2. The zero-order chi connectivity index (χ0) is 15.5. The van der Waals surface area contributed by atoms with Gasteiger partial charge >= 0.3 is 6.09 Å². The van der Waals surface area contributed by atoms with Crippen molar-refractivity contribution in [3.05, 3.63) is 35.9 Å². The van der Waals surface area contributed by atoms with Crippen LogP contribution >= 0.6 is 0 Å². The first kappa shape index (κ1) is 14.9. The quantitative estimate of drug-likeness (QED) is 0.912. The van der Waals surface area contributed by atoms with Crippen LogP contribution in [0.3, 0.4) is 0 Å². The highest BCUT2D eigenvalue weighted by Crippen LogP contribution is 2.29. The number of amides is 2. The first-order valence-corrected chi connectivity index (χ1v) is 7.97. The zero-order valence-corrected chi connectivity index (χ0v) is 12.6. The van der Waals surface area contributed by atoms with Gasteiger partial charge in [-0.05, 0) is 24.8 Å². The second-order valence-corrected chi connectivity index (χ2v) is 6.22. The summed E-state index contributed by atoms with van der Waals surface area (Å²) < 4.78 is 0. The molecule has 0 aliphatic carbocycles. The van der Waals surface area contributed by atoms with Crippen LogP contribution in [0.25, 0.3) is 0 Å². The Hall–Kier alpha value is -2.04. The molecule has 1 aromatic rings. The molecular formula is C17H22N2O3. The van der Waals surface area contributed by atoms with Crippen molar-refractivity contribution in [2.45, 2.75) is 25.2 Å². The van der Waals surface area contributed by atoms with Gasteiger partial charge in [0.25, 0.3) is 0 Å². The summed E-state index contributed by atoms with van der Waals surface area (Å²) in [5, 5.41) is 8.97. The number of rotatable bonds is 2. The molecule has 0 bridgehead atoms. The Morgan fingerprint density at radius 2 is 1.59 bits per heavy atom. The van der Waals surface area contributed by atoms with E-state index < -0.39 is 6.09 Å². The zero-order valence-electron chi connectivity index (χ0n) is 12.6. The summed E-state index contributed by atoms with van der Waals surface area (Å²) in [6.45, 7) is 2.56. The molecular weight excluding hydrogens is 280 g/mol. The Labute approximate surface area is 130 Å². The van der Waals surface area contributed by atoms with Crippen LogP contribution in [0.1, 0.15) is 30.7 Å². The lowest BCUT2D eigenvalue weighted by Crippen LogP contribution is -2.43. The van der Waals surface area contributed by atoms with Crippen molar-refractivity contribution >= 4 is 12.0 Å². The molecule has 5 nitrogen and oxygen atoms in total. The molecule has 0 radical (unpaired) electrons. The van der Waals surface area contributed by atoms with Crippen LogP contribution < -0.4 is 0 Å². The molecule has 0 unspecified atom stereocenters. The Morgan fingerprint density at radius 3 is 2.23 bits per heavy atom. The number of benzene rings is 1. The van der Waals surface area contributed by atoms with Crippen molar-refractivity contribution in [2.24, 2.45) is 5.92 Å². The fourth-order valence-corrected chi connectivity index (χ4v) is 3.53. The molecule has 0 saturated carbocycles. The third-order valence-electron chi connectivity index (χ3n) is 4.89. The van der Waals surface area contributed by atoms with E-state index in [1.165, 1.54) is 10.5 Å². The summed E-state index contributed by atoms with van der Waals surface area (Å²) in [6, 6.07) is 10.4. The molecule has 2 aliphatic heterocycles. The van der Waals surface area contributed by atoms with E-state index in [1.54, 1.807) is 0 Å². The molecule has 2 saturated heterocycles. The van der Waals surface area contributed by atoms with E-state index in [2.05, 4.69) is 12.1 Å². The lowest BCUT2D eigenvalue weighted by atomic mass is 9.95. The van der Waals surface area contributed by atoms with Gasteiger partial charge in [-0.2, -0.15) is 0 Å². The number of hydrogen-bond donors (Lipinski definition) is 1. The van der Waals surface area contributed by atoms with E-state index in [4.69, 9.17) is 5.11 Å². The first-order valence-electron chi connectivity index (χ1n) is 7.97. The summed E-state index contributed by atoms with van der Waals surface area (Å²) in [7, 11) is 0. The molecule has 118 valence electrons. The van der Waals surface area contributed by atoms with Crippen LogP contribution in [-0.2, 0) is 4.79 Å². The normalized spacial score (nSPS) is 22.8. The van der Waals surface area contributed by atoms with Gasteiger partial charge < -0.3 is 14.9 Å². The number of carbonyl (C=O) groups excluding carboxylic acids is 1. The third-order valence-corrected chi connectivity index (χ3v) is 4.89. The highest BCUT2D eigenvalue weighted by atomic mass is 16.4. The van der Waals surface area contributed by atoms with Gasteiger partial charge in [-0.15, -0.1) is 0 Å². The van der Waals surface area contributed by atoms with E-state index in [0.29, 0.717) is 31.8 Å². The fourth-order valence-electron chi connectivity index (χ4n) is 3.53. The van der Waals surface area contributed by atoms with E-state index >= 15 is 0 Å². The molecule has 1 aromatic carbocycles. The highest BCUT2D eigenvalue weighted by Gasteiger charge is 2.33. The van der Waals surface area contributed by atoms with Gasteiger partial charge in [0.2, 0.25) is 5.91 Å². The van der Waals surface area contributed by atoms with Crippen molar-refractivity contribution in [1.82, 2.24) is 9.80 Å². The van der Waals surface area contributed by atoms with Crippen molar-refractivity contribution in [1.29, 1.82) is 0 Å². The molecule has 2 heterocycles. The maximum absolute atomic E-state index is 12.6. The minimum atomic E-state index is -0.879. The van der Waals surface area contributed by atoms with Crippen LogP contribution in [0.5, 0.6) is 0 Å². The van der Waals surface area contributed by atoms with Crippen molar-refractivity contribution < 1.29 is 14.7 Å². The lowest BCUT2D eigenvalue weighted by Gasteiger charge is -2.31. The summed E-state index contributed by atoms with van der Waals surface area (Å²) in [5.74, 6) is 0.637. The number of hydrogen-bond acceptors (Lipinski definition) is 2. The lowest BCUT2D eigenvalue weighted by molar-refractivity contribution is -0.135. The van der Waals surface area contributed by atoms with E-state index in [9.17, 15) is 9.59 Å². The standard InChI is InChI=1S/C17H22N2O3/c20-16(14-6-9-18(10-7-14)17(21)22)19-11-8-15(12-19)13-4-2-1-3-5-13/h1-5,14-15H,6-12H2,(H,21,22)/t15-/m0/s1. The number of carboxylic acid groups (broad SMARTS) is 1. The highest BCUT2D eigenvalue weighted by molar-refractivity contribution is 5.79. The van der Waals surface area contributed by atoms with Crippen LogP contribution in [0.4, 0.5) is 4.79 Å². The molecule has 1 N–H and O–H groups in total. The number of likely N-dealkylation sites (tertiary alicyclic amines) is 2. The second kappa shape index (κ2) is 6.38. The molecule has 3 rings (SSSR count). The van der Waals surface area contributed by atoms with E-state index in [0.717, 1.165) is 19.5 Å². The SMILES string of the molecule is O=C(O)N1CCC(C(=O)N2CC[C@H](c3ccccc3)C2)CC1. The molecule has 2 fully saturated rings. The summed E-state index contributed by atoms with van der Waals surface area (Å²) >= 11 is 0. The van der Waals surface area contributed by atoms with Crippen LogP contribution in [0.2, 0.25) is 0 Å². The Morgan fingerprint density at radius 1 is 0.955 bits per heavy atom. The monoisotopic (exact) mass is 302 g/mol. The maximum atomic E-state index is 12.6. The topological polar surface area (TPSA) is 60.9 Å². The molecule has 0 spiro atoms. The predicted octanol–water partition coefficient (Wildman–Crippen LogP) is 2.39. The molecule has 2 aliphatic rings. The number of piperidine rings is 1. The summed E-state index contributed by atoms with van der Waals surface area (Å²) in [6.07, 6.45) is 1.44. The van der Waals surface area contributed by atoms with Crippen molar-refractivity contribution in [3.63, 3.8) is 0 Å². The van der Waals surface area contributed by atoms with Gasteiger partial charge in [-0.1, -0.05) is 30.3 Å². The second-order valence-electron chi connectivity index (χ2n) is 6.22. The molecule has 0 aromatic heterocycles. The van der Waals surface area contributed by atoms with Gasteiger partial charge in [0.15, 0.2) is 0 Å². The van der Waals surface area contributed by atoms with Crippen LogP contribution in [0.15, 0.2) is 30.3 Å². The summed E-state index contributed by atoms with van der Waals surface area (Å²) in [5.41, 5.74) is 1.30. The Balaban J connectivity index is 1.55. The molecule has 2 amide bonds. The van der Waals surface area contributed by atoms with Crippen molar-refractivity contribution in [2.75, 3.05) is 26.2 Å². The van der Waals surface area contributed by atoms with Crippen molar-refractivity contribution in [3.8, 4) is 0 Å². The van der Waals surface area contributed by atoms with Crippen LogP contribution in [-0.4, -0.2) is 53.1 Å². The van der Waals surface area contributed by atoms with Gasteiger partial charge in [0.05, 0.1) is 0 Å². The minimum Gasteiger partial charge on any atom is -0.465 e. The van der Waals surface area contributed by atoms with Gasteiger partial charge in [0, 0.05) is 38.0 Å². The average Bonchev–Trinajstić information content (AvgIpc) is 3.05. The van der Waals surface area contributed by atoms with E-state index in [1.807, 2.05) is 23.1 Å². The first-order chi connectivity index (χ1) is 10.6. The van der Waals surface area contributed by atoms with Gasteiger partial charge in [0.1, 0.15) is 0 Å². The van der Waals surface area contributed by atoms with Gasteiger partial charge in [-0.25, -0.2) is 4.79 Å². The Kier molecular flexibility index (Phi) is 4.32. The fraction of sp³-hybridized carbons (Fsp3) is 0.529. The maximum Gasteiger partial charge on any atom is 0.407 e. The third kappa shape index (κ3) is 3.08. The van der Waals surface area contributed by atoms with E-state index in [-0.39, 0.29) is 11.8 Å². The van der Waals surface area contributed by atoms with Gasteiger partial charge in [-0.3, -0.25) is 4.79 Å². The van der Waals surface area contributed by atoms with Crippen LogP contribution in [0, 0.1) is 5.92 Å². The molecule has 5 heteroatoms. The number of nitrogens with zero attached hydrogens (tertiary/aromatic N) is 2.